The summed E-state index contributed by atoms with van der Waals surface area (Å²) in [5.74, 6) is 0.857. The second-order valence-electron chi connectivity index (χ2n) is 9.33. The number of amides is 3. The minimum atomic E-state index is -0.341. The van der Waals surface area contributed by atoms with E-state index in [4.69, 9.17) is 4.42 Å². The van der Waals surface area contributed by atoms with E-state index in [1.165, 1.54) is 0 Å². The second-order valence-corrected chi connectivity index (χ2v) is 9.33. The van der Waals surface area contributed by atoms with E-state index in [0.29, 0.717) is 17.8 Å². The first-order valence-corrected chi connectivity index (χ1v) is 12.9. The number of aryl methyl sites for hydroxylation is 1. The molecule has 7 heteroatoms. The number of nitrogens with zero attached hydrogens (tertiary/aromatic N) is 2. The zero-order valence-corrected chi connectivity index (χ0v) is 21.3. The lowest BCUT2D eigenvalue weighted by Crippen LogP contribution is -2.37. The summed E-state index contributed by atoms with van der Waals surface area (Å²) in [7, 11) is 0. The maximum Gasteiger partial charge on any atom is 0.323 e. The number of rotatable bonds is 9. The number of unbranched alkanes of at least 4 members (excludes halogenated alkanes) is 1. The van der Waals surface area contributed by atoms with Crippen molar-refractivity contribution in [1.29, 1.82) is 0 Å². The minimum absolute atomic E-state index is 0.00797. The second kappa shape index (κ2) is 12.3. The summed E-state index contributed by atoms with van der Waals surface area (Å²) in [6.45, 7) is 7.01. The van der Waals surface area contributed by atoms with Crippen LogP contribution in [-0.2, 0) is 6.54 Å². The summed E-state index contributed by atoms with van der Waals surface area (Å²) >= 11 is 0. The van der Waals surface area contributed by atoms with Crippen molar-refractivity contribution in [3.63, 3.8) is 0 Å². The van der Waals surface area contributed by atoms with Crippen LogP contribution in [0, 0.1) is 6.92 Å². The Labute approximate surface area is 213 Å². The topological polar surface area (TPSA) is 77.8 Å². The molecule has 0 aliphatic carbocycles. The molecule has 0 spiro atoms. The Balaban J connectivity index is 1.62. The molecule has 0 unspecified atom stereocenters. The van der Waals surface area contributed by atoms with Crippen LogP contribution in [0.15, 0.2) is 65.3 Å². The van der Waals surface area contributed by atoms with Gasteiger partial charge in [0.05, 0.1) is 24.1 Å². The monoisotopic (exact) mass is 488 g/mol. The fourth-order valence-electron chi connectivity index (χ4n) is 4.55. The fourth-order valence-corrected chi connectivity index (χ4v) is 4.55. The molecule has 3 amide bonds. The average Bonchev–Trinajstić information content (AvgIpc) is 3.41. The van der Waals surface area contributed by atoms with Gasteiger partial charge in [0.25, 0.3) is 5.91 Å². The molecule has 0 radical (unpaired) electrons. The SMILES string of the molecule is CCCCN(Cc1ccco1)c1ccc(NC(=O)Nc2ccccc2C)cc1C(=O)N1CCCCC1. The van der Waals surface area contributed by atoms with Crippen LogP contribution in [0.3, 0.4) is 0 Å². The van der Waals surface area contributed by atoms with Crippen molar-refractivity contribution in [3.8, 4) is 0 Å². The van der Waals surface area contributed by atoms with Gasteiger partial charge in [0.15, 0.2) is 0 Å². The number of urea groups is 1. The predicted octanol–water partition coefficient (Wildman–Crippen LogP) is 6.66. The van der Waals surface area contributed by atoms with Gasteiger partial charge in [0.2, 0.25) is 0 Å². The molecule has 1 aliphatic heterocycles. The first kappa shape index (κ1) is 25.4. The average molecular weight is 489 g/mol. The molecule has 1 fully saturated rings. The number of carbonyl (C=O) groups is 2. The van der Waals surface area contributed by atoms with Gasteiger partial charge < -0.3 is 24.9 Å². The highest BCUT2D eigenvalue weighted by Gasteiger charge is 2.24. The summed E-state index contributed by atoms with van der Waals surface area (Å²) < 4.78 is 5.62. The molecular weight excluding hydrogens is 452 g/mol. The van der Waals surface area contributed by atoms with Crippen molar-refractivity contribution in [2.24, 2.45) is 0 Å². The molecule has 7 nitrogen and oxygen atoms in total. The van der Waals surface area contributed by atoms with Gasteiger partial charge in [-0.1, -0.05) is 31.5 Å². The van der Waals surface area contributed by atoms with Crippen LogP contribution in [0.1, 0.15) is 60.7 Å². The molecule has 0 atom stereocenters. The minimum Gasteiger partial charge on any atom is -0.467 e. The highest BCUT2D eigenvalue weighted by atomic mass is 16.3. The van der Waals surface area contributed by atoms with E-state index in [2.05, 4.69) is 22.5 Å². The molecule has 1 aliphatic rings. The number of hydrogen-bond acceptors (Lipinski definition) is 4. The Morgan fingerprint density at radius 2 is 1.81 bits per heavy atom. The summed E-state index contributed by atoms with van der Waals surface area (Å²) in [5, 5.41) is 5.81. The lowest BCUT2D eigenvalue weighted by atomic mass is 10.1. The van der Waals surface area contributed by atoms with Crippen LogP contribution in [0.4, 0.5) is 21.9 Å². The molecule has 190 valence electrons. The predicted molar refractivity (Wildman–Crippen MR) is 145 cm³/mol. The maximum absolute atomic E-state index is 13.7. The molecule has 2 N–H and O–H groups in total. The molecule has 1 aromatic heterocycles. The number of benzene rings is 2. The van der Waals surface area contributed by atoms with E-state index in [0.717, 1.165) is 74.4 Å². The Morgan fingerprint density at radius 1 is 1.00 bits per heavy atom. The van der Waals surface area contributed by atoms with Crippen molar-refractivity contribution < 1.29 is 14.0 Å². The van der Waals surface area contributed by atoms with Crippen molar-refractivity contribution in [2.75, 3.05) is 35.2 Å². The van der Waals surface area contributed by atoms with Crippen LogP contribution in [0.25, 0.3) is 0 Å². The van der Waals surface area contributed by atoms with Gasteiger partial charge in [-0.25, -0.2) is 4.79 Å². The van der Waals surface area contributed by atoms with Gasteiger partial charge in [0.1, 0.15) is 5.76 Å². The van der Waals surface area contributed by atoms with Crippen LogP contribution in [0.2, 0.25) is 0 Å². The third kappa shape index (κ3) is 6.47. The third-order valence-electron chi connectivity index (χ3n) is 6.57. The third-order valence-corrected chi connectivity index (χ3v) is 6.57. The van der Waals surface area contributed by atoms with E-state index >= 15 is 0 Å². The van der Waals surface area contributed by atoms with Crippen LogP contribution >= 0.6 is 0 Å². The lowest BCUT2D eigenvalue weighted by Gasteiger charge is -2.31. The van der Waals surface area contributed by atoms with E-state index in [1.807, 2.05) is 66.4 Å². The van der Waals surface area contributed by atoms with Crippen LogP contribution < -0.4 is 15.5 Å². The fraction of sp³-hybridized carbons (Fsp3) is 0.379. The Morgan fingerprint density at radius 3 is 2.53 bits per heavy atom. The van der Waals surface area contributed by atoms with Gasteiger partial charge in [-0.05, 0) is 74.6 Å². The van der Waals surface area contributed by atoms with E-state index in [-0.39, 0.29) is 11.9 Å². The molecule has 2 aromatic carbocycles. The number of piperidine rings is 1. The number of hydrogen-bond donors (Lipinski definition) is 2. The smallest absolute Gasteiger partial charge is 0.323 e. The molecule has 2 heterocycles. The molecular formula is C29H36N4O3. The van der Waals surface area contributed by atoms with Gasteiger partial charge in [-0.15, -0.1) is 0 Å². The zero-order valence-electron chi connectivity index (χ0n) is 21.3. The van der Waals surface area contributed by atoms with Crippen molar-refractivity contribution in [2.45, 2.75) is 52.5 Å². The summed E-state index contributed by atoms with van der Waals surface area (Å²) in [6, 6.07) is 16.7. The van der Waals surface area contributed by atoms with Gasteiger partial charge >= 0.3 is 6.03 Å². The van der Waals surface area contributed by atoms with Crippen molar-refractivity contribution in [3.05, 3.63) is 77.7 Å². The largest absolute Gasteiger partial charge is 0.467 e. The molecule has 1 saturated heterocycles. The summed E-state index contributed by atoms with van der Waals surface area (Å²) in [4.78, 5) is 30.6. The van der Waals surface area contributed by atoms with Gasteiger partial charge in [-0.3, -0.25) is 4.79 Å². The number of nitrogens with one attached hydrogen (secondary N) is 2. The van der Waals surface area contributed by atoms with Crippen molar-refractivity contribution in [1.82, 2.24) is 4.90 Å². The van der Waals surface area contributed by atoms with Gasteiger partial charge in [0, 0.05) is 31.0 Å². The molecule has 36 heavy (non-hydrogen) atoms. The zero-order chi connectivity index (χ0) is 25.3. The molecule has 3 aromatic rings. The Kier molecular flexibility index (Phi) is 8.66. The Hall–Kier alpha value is -3.74. The van der Waals surface area contributed by atoms with Crippen LogP contribution in [-0.4, -0.2) is 36.5 Å². The number of anilines is 3. The highest BCUT2D eigenvalue weighted by molar-refractivity contribution is 6.04. The number of carbonyl (C=O) groups excluding carboxylic acids is 2. The van der Waals surface area contributed by atoms with E-state index < -0.39 is 0 Å². The van der Waals surface area contributed by atoms with Crippen molar-refractivity contribution >= 4 is 29.0 Å². The molecule has 0 bridgehead atoms. The number of furan rings is 1. The number of likely N-dealkylation sites (tertiary alicyclic amines) is 1. The maximum atomic E-state index is 13.7. The normalized spacial score (nSPS) is 13.3. The first-order valence-electron chi connectivity index (χ1n) is 12.9. The first-order chi connectivity index (χ1) is 17.5. The highest BCUT2D eigenvalue weighted by Crippen LogP contribution is 2.29. The van der Waals surface area contributed by atoms with E-state index in [1.54, 1.807) is 6.26 Å². The molecule has 4 rings (SSSR count). The number of para-hydroxylation sites is 1. The quantitative estimate of drug-likeness (QED) is 0.353. The summed E-state index contributed by atoms with van der Waals surface area (Å²) in [5.41, 5.74) is 3.78. The Bertz CT molecular complexity index is 1150. The van der Waals surface area contributed by atoms with Gasteiger partial charge in [-0.2, -0.15) is 0 Å². The van der Waals surface area contributed by atoms with E-state index in [9.17, 15) is 9.59 Å². The lowest BCUT2D eigenvalue weighted by molar-refractivity contribution is 0.0725. The summed E-state index contributed by atoms with van der Waals surface area (Å²) in [6.07, 6.45) is 6.90. The standard InChI is InChI=1S/C29H36N4O3/c1-3-4-16-33(21-24-12-10-19-36-24)27-15-14-23(20-25(27)28(34)32-17-8-5-9-18-32)30-29(35)31-26-13-7-6-11-22(26)2/h6-7,10-15,19-20H,3-5,8-9,16-18,21H2,1-2H3,(H2,30,31,35). The molecule has 0 saturated carbocycles. The van der Waals surface area contributed by atoms with Crippen LogP contribution in [0.5, 0.6) is 0 Å².